The first-order valence-corrected chi connectivity index (χ1v) is 8.96. The number of hydrogen-bond acceptors (Lipinski definition) is 5. The van der Waals surface area contributed by atoms with Crippen molar-refractivity contribution < 1.29 is 19.1 Å². The highest BCUT2D eigenvalue weighted by Gasteiger charge is 2.30. The van der Waals surface area contributed by atoms with E-state index < -0.39 is 12.1 Å². The molecule has 0 aliphatic carbocycles. The topological polar surface area (TPSA) is 59.1 Å². The number of carbonyl (C=O) groups excluding carboxylic acids is 2. The second kappa shape index (κ2) is 8.68. The van der Waals surface area contributed by atoms with E-state index in [9.17, 15) is 9.59 Å². The molecule has 6 heteroatoms. The summed E-state index contributed by atoms with van der Waals surface area (Å²) in [6.45, 7) is 1.98. The van der Waals surface area contributed by atoms with Gasteiger partial charge in [-0.05, 0) is 18.2 Å². The zero-order valence-corrected chi connectivity index (χ0v) is 15.6. The molecule has 0 radical (unpaired) electrons. The van der Waals surface area contributed by atoms with Crippen LogP contribution in [0.15, 0.2) is 54.6 Å². The summed E-state index contributed by atoms with van der Waals surface area (Å²) in [4.78, 5) is 29.4. The SMILES string of the molecule is CN(C)c1cccc(C(=O)O[C@@H](C(=O)N2CCOCC2)c2ccccc2)c1. The smallest absolute Gasteiger partial charge is 0.339 e. The highest BCUT2D eigenvalue weighted by molar-refractivity contribution is 5.93. The van der Waals surface area contributed by atoms with Crippen LogP contribution in [-0.4, -0.2) is 57.2 Å². The predicted octanol–water partition coefficient (Wildman–Crippen LogP) is 2.51. The van der Waals surface area contributed by atoms with E-state index in [2.05, 4.69) is 0 Å². The van der Waals surface area contributed by atoms with Crippen LogP contribution in [0.2, 0.25) is 0 Å². The zero-order valence-electron chi connectivity index (χ0n) is 15.6. The van der Waals surface area contributed by atoms with Crippen molar-refractivity contribution in [1.82, 2.24) is 4.90 Å². The zero-order chi connectivity index (χ0) is 19.2. The number of morpholine rings is 1. The molecule has 1 fully saturated rings. The molecule has 1 heterocycles. The highest BCUT2D eigenvalue weighted by atomic mass is 16.5. The van der Waals surface area contributed by atoms with Crippen molar-refractivity contribution in [2.24, 2.45) is 0 Å². The molecule has 142 valence electrons. The molecule has 0 bridgehead atoms. The second-order valence-corrected chi connectivity index (χ2v) is 6.58. The monoisotopic (exact) mass is 368 g/mol. The maximum Gasteiger partial charge on any atom is 0.339 e. The minimum Gasteiger partial charge on any atom is -0.444 e. The summed E-state index contributed by atoms with van der Waals surface area (Å²) >= 11 is 0. The minimum absolute atomic E-state index is 0.221. The van der Waals surface area contributed by atoms with Crippen molar-refractivity contribution >= 4 is 17.6 Å². The normalized spacial score (nSPS) is 15.1. The Morgan fingerprint density at radius 2 is 1.74 bits per heavy atom. The molecule has 2 aromatic carbocycles. The number of anilines is 1. The average molecular weight is 368 g/mol. The lowest BCUT2D eigenvalue weighted by Gasteiger charge is -2.30. The van der Waals surface area contributed by atoms with E-state index >= 15 is 0 Å². The van der Waals surface area contributed by atoms with E-state index in [0.29, 0.717) is 37.4 Å². The van der Waals surface area contributed by atoms with Crippen LogP contribution in [0.4, 0.5) is 5.69 Å². The Bertz CT molecular complexity index is 786. The summed E-state index contributed by atoms with van der Waals surface area (Å²) in [6.07, 6.45) is -0.972. The molecular weight excluding hydrogens is 344 g/mol. The fourth-order valence-electron chi connectivity index (χ4n) is 2.92. The fourth-order valence-corrected chi connectivity index (χ4v) is 2.92. The molecule has 0 spiro atoms. The minimum atomic E-state index is -0.972. The van der Waals surface area contributed by atoms with E-state index in [-0.39, 0.29) is 5.91 Å². The number of esters is 1. The maximum absolute atomic E-state index is 13.0. The van der Waals surface area contributed by atoms with Crippen LogP contribution in [0.25, 0.3) is 0 Å². The van der Waals surface area contributed by atoms with Crippen LogP contribution in [0, 0.1) is 0 Å². The van der Waals surface area contributed by atoms with E-state index in [1.54, 1.807) is 35.2 Å². The van der Waals surface area contributed by atoms with Crippen molar-refractivity contribution in [2.75, 3.05) is 45.3 Å². The molecule has 1 amide bonds. The number of benzene rings is 2. The van der Waals surface area contributed by atoms with Gasteiger partial charge in [0.15, 0.2) is 0 Å². The molecule has 1 aliphatic rings. The first-order valence-electron chi connectivity index (χ1n) is 8.96. The number of ether oxygens (including phenoxy) is 2. The summed E-state index contributed by atoms with van der Waals surface area (Å²) < 4.78 is 11.0. The molecule has 27 heavy (non-hydrogen) atoms. The Hall–Kier alpha value is -2.86. The summed E-state index contributed by atoms with van der Waals surface area (Å²) in [5, 5.41) is 0. The number of amides is 1. The van der Waals surface area contributed by atoms with Gasteiger partial charge in [0.2, 0.25) is 6.10 Å². The first kappa shape index (κ1) is 18.9. The fraction of sp³-hybridized carbons (Fsp3) is 0.333. The molecule has 1 aliphatic heterocycles. The van der Waals surface area contributed by atoms with Gasteiger partial charge in [-0.1, -0.05) is 36.4 Å². The van der Waals surface area contributed by atoms with Crippen molar-refractivity contribution in [2.45, 2.75) is 6.10 Å². The van der Waals surface area contributed by atoms with Gasteiger partial charge in [0.05, 0.1) is 18.8 Å². The Labute approximate surface area is 159 Å². The molecule has 0 aromatic heterocycles. The van der Waals surface area contributed by atoms with Crippen LogP contribution in [0.1, 0.15) is 22.0 Å². The van der Waals surface area contributed by atoms with Gasteiger partial charge in [0, 0.05) is 38.4 Å². The average Bonchev–Trinajstić information content (AvgIpc) is 2.72. The lowest BCUT2D eigenvalue weighted by molar-refractivity contribution is -0.145. The molecule has 1 atom stereocenters. The lowest BCUT2D eigenvalue weighted by Crippen LogP contribution is -2.44. The van der Waals surface area contributed by atoms with Crippen molar-refractivity contribution in [3.8, 4) is 0 Å². The maximum atomic E-state index is 13.0. The van der Waals surface area contributed by atoms with Crippen LogP contribution >= 0.6 is 0 Å². The molecule has 0 N–H and O–H groups in total. The summed E-state index contributed by atoms with van der Waals surface area (Å²) in [5.74, 6) is -0.740. The third-order valence-electron chi connectivity index (χ3n) is 4.47. The van der Waals surface area contributed by atoms with Gasteiger partial charge in [0.1, 0.15) is 0 Å². The van der Waals surface area contributed by atoms with Gasteiger partial charge in [-0.25, -0.2) is 4.79 Å². The van der Waals surface area contributed by atoms with Gasteiger partial charge in [-0.15, -0.1) is 0 Å². The lowest BCUT2D eigenvalue weighted by atomic mass is 10.1. The third kappa shape index (κ3) is 4.65. The summed E-state index contributed by atoms with van der Waals surface area (Å²) in [6, 6.07) is 16.3. The standard InChI is InChI=1S/C21H24N2O4/c1-22(2)18-10-6-9-17(15-18)21(25)27-19(16-7-4-3-5-8-16)20(24)23-11-13-26-14-12-23/h3-10,15,19H,11-14H2,1-2H3/t19-/m1/s1. The molecule has 0 saturated carbocycles. The van der Waals surface area contributed by atoms with E-state index in [4.69, 9.17) is 9.47 Å². The number of hydrogen-bond donors (Lipinski definition) is 0. The third-order valence-corrected chi connectivity index (χ3v) is 4.47. The molecular formula is C21H24N2O4. The Morgan fingerprint density at radius 1 is 1.04 bits per heavy atom. The molecule has 3 rings (SSSR count). The van der Waals surface area contributed by atoms with Crippen LogP contribution in [0.5, 0.6) is 0 Å². The molecule has 0 unspecified atom stereocenters. The quantitative estimate of drug-likeness (QED) is 0.759. The molecule has 2 aromatic rings. The molecule has 1 saturated heterocycles. The van der Waals surface area contributed by atoms with Crippen LogP contribution in [0.3, 0.4) is 0 Å². The Balaban J connectivity index is 1.83. The van der Waals surface area contributed by atoms with Gasteiger partial charge >= 0.3 is 5.97 Å². The summed E-state index contributed by atoms with van der Waals surface area (Å²) in [7, 11) is 3.80. The predicted molar refractivity (Wildman–Crippen MR) is 103 cm³/mol. The van der Waals surface area contributed by atoms with E-state index in [1.807, 2.05) is 43.3 Å². The van der Waals surface area contributed by atoms with Crippen molar-refractivity contribution in [1.29, 1.82) is 0 Å². The Kier molecular flexibility index (Phi) is 6.08. The van der Waals surface area contributed by atoms with Gasteiger partial charge in [-0.2, -0.15) is 0 Å². The number of carbonyl (C=O) groups is 2. The number of nitrogens with zero attached hydrogens (tertiary/aromatic N) is 2. The van der Waals surface area contributed by atoms with Crippen molar-refractivity contribution in [3.05, 3.63) is 65.7 Å². The highest BCUT2D eigenvalue weighted by Crippen LogP contribution is 2.23. The van der Waals surface area contributed by atoms with Gasteiger partial charge < -0.3 is 19.3 Å². The summed E-state index contributed by atoms with van der Waals surface area (Å²) in [5.41, 5.74) is 1.96. The van der Waals surface area contributed by atoms with Crippen LogP contribution < -0.4 is 4.90 Å². The number of rotatable bonds is 5. The van der Waals surface area contributed by atoms with Gasteiger partial charge in [0.25, 0.3) is 5.91 Å². The largest absolute Gasteiger partial charge is 0.444 e. The Morgan fingerprint density at radius 3 is 2.41 bits per heavy atom. The van der Waals surface area contributed by atoms with E-state index in [1.165, 1.54) is 0 Å². The second-order valence-electron chi connectivity index (χ2n) is 6.58. The first-order chi connectivity index (χ1) is 13.1. The van der Waals surface area contributed by atoms with Gasteiger partial charge in [-0.3, -0.25) is 4.79 Å². The molecule has 6 nitrogen and oxygen atoms in total. The van der Waals surface area contributed by atoms with E-state index in [0.717, 1.165) is 5.69 Å². The van der Waals surface area contributed by atoms with Crippen LogP contribution in [-0.2, 0) is 14.3 Å². The van der Waals surface area contributed by atoms with Crippen molar-refractivity contribution in [3.63, 3.8) is 0 Å².